The predicted octanol–water partition coefficient (Wildman–Crippen LogP) is 1.38. The van der Waals surface area contributed by atoms with Crippen LogP contribution < -0.4 is 0 Å². The molecule has 3 atom stereocenters. The fourth-order valence-electron chi connectivity index (χ4n) is 6.00. The molecule has 4 heterocycles. The zero-order chi connectivity index (χ0) is 19.3. The summed E-state index contributed by atoms with van der Waals surface area (Å²) in [4.78, 5) is 45.9. The number of nitrogens with zero attached hydrogens (tertiary/aromatic N) is 4. The molecule has 0 spiro atoms. The van der Waals surface area contributed by atoms with E-state index in [1.807, 2.05) is 14.7 Å². The summed E-state index contributed by atoms with van der Waals surface area (Å²) in [6.45, 7) is 5.03. The lowest BCUT2D eigenvalue weighted by molar-refractivity contribution is -0.144. The van der Waals surface area contributed by atoms with Crippen LogP contribution in [0.2, 0.25) is 0 Å². The molecule has 7 heteroatoms. The van der Waals surface area contributed by atoms with E-state index in [-0.39, 0.29) is 11.9 Å². The molecule has 1 saturated carbocycles. The molecule has 0 radical (unpaired) electrons. The fraction of sp³-hybridized carbons (Fsp3) is 0.857. The van der Waals surface area contributed by atoms with Crippen LogP contribution in [-0.2, 0) is 9.59 Å². The maximum absolute atomic E-state index is 13.2. The molecule has 1 aliphatic carbocycles. The highest BCUT2D eigenvalue weighted by Gasteiger charge is 2.45. The minimum absolute atomic E-state index is 0.140. The molecule has 5 fully saturated rings. The Morgan fingerprint density at radius 3 is 2.29 bits per heavy atom. The van der Waals surface area contributed by atoms with E-state index in [0.717, 1.165) is 51.7 Å². The monoisotopic (exact) mass is 388 g/mol. The standard InChI is InChI=1S/C21H32N4O3/c26-19-6-2-5-18-17-11-15(13-25(18)19)12-24(14-17)21(28)23-9-7-22(8-10-23)20(27)16-3-1-4-16/h15-18H,1-14H2/t15-,17-,18-/m1/s1. The second-order valence-corrected chi connectivity index (χ2v) is 9.50. The number of carbonyl (C=O) groups is 3. The summed E-state index contributed by atoms with van der Waals surface area (Å²) in [5.41, 5.74) is 0. The van der Waals surface area contributed by atoms with Gasteiger partial charge < -0.3 is 19.6 Å². The first-order valence-corrected chi connectivity index (χ1v) is 11.2. The van der Waals surface area contributed by atoms with Crippen LogP contribution in [0.5, 0.6) is 0 Å². The number of amides is 4. The molecule has 5 aliphatic rings. The number of piperidine rings is 3. The number of urea groups is 1. The van der Waals surface area contributed by atoms with E-state index in [4.69, 9.17) is 0 Å². The topological polar surface area (TPSA) is 64.2 Å². The third kappa shape index (κ3) is 3.16. The lowest BCUT2D eigenvalue weighted by Gasteiger charge is -2.53. The molecular weight excluding hydrogens is 356 g/mol. The minimum Gasteiger partial charge on any atom is -0.339 e. The number of fused-ring (bicyclic) bond motifs is 4. The minimum atomic E-state index is 0.140. The van der Waals surface area contributed by atoms with Gasteiger partial charge in [-0.25, -0.2) is 4.79 Å². The van der Waals surface area contributed by atoms with E-state index in [1.165, 1.54) is 6.42 Å². The first kappa shape index (κ1) is 18.3. The van der Waals surface area contributed by atoms with Crippen molar-refractivity contribution >= 4 is 17.8 Å². The second kappa shape index (κ2) is 7.23. The van der Waals surface area contributed by atoms with Gasteiger partial charge in [-0.1, -0.05) is 6.42 Å². The van der Waals surface area contributed by atoms with E-state index in [9.17, 15) is 14.4 Å². The van der Waals surface area contributed by atoms with Gasteiger partial charge in [0.1, 0.15) is 0 Å². The lowest BCUT2D eigenvalue weighted by atomic mass is 9.76. The largest absolute Gasteiger partial charge is 0.339 e. The van der Waals surface area contributed by atoms with Crippen LogP contribution in [0.1, 0.15) is 44.9 Å². The molecule has 0 aromatic carbocycles. The maximum atomic E-state index is 13.2. The third-order valence-corrected chi connectivity index (χ3v) is 7.77. The second-order valence-electron chi connectivity index (χ2n) is 9.50. The van der Waals surface area contributed by atoms with Crippen molar-refractivity contribution in [3.8, 4) is 0 Å². The molecule has 28 heavy (non-hydrogen) atoms. The highest BCUT2D eigenvalue weighted by Crippen LogP contribution is 2.38. The number of rotatable bonds is 1. The predicted molar refractivity (Wildman–Crippen MR) is 103 cm³/mol. The van der Waals surface area contributed by atoms with E-state index in [1.54, 1.807) is 0 Å². The summed E-state index contributed by atoms with van der Waals surface area (Å²) in [6, 6.07) is 0.478. The molecule has 154 valence electrons. The molecule has 0 unspecified atom stereocenters. The van der Waals surface area contributed by atoms with Crippen molar-refractivity contribution < 1.29 is 14.4 Å². The summed E-state index contributed by atoms with van der Waals surface area (Å²) >= 11 is 0. The smallest absolute Gasteiger partial charge is 0.320 e. The molecule has 0 aromatic rings. The SMILES string of the molecule is O=C(C1CCC1)N1CCN(C(=O)N2C[C@H]3C[C@H](C2)[C@H]2CCCC(=O)N2C3)CC1. The Kier molecular flexibility index (Phi) is 4.71. The van der Waals surface area contributed by atoms with Crippen LogP contribution in [0.4, 0.5) is 4.79 Å². The van der Waals surface area contributed by atoms with Gasteiger partial charge in [0.05, 0.1) is 0 Å². The van der Waals surface area contributed by atoms with Gasteiger partial charge in [0, 0.05) is 64.2 Å². The van der Waals surface area contributed by atoms with Gasteiger partial charge >= 0.3 is 6.03 Å². The summed E-state index contributed by atoms with van der Waals surface area (Å²) in [6.07, 6.45) is 7.18. The van der Waals surface area contributed by atoms with Crippen molar-refractivity contribution in [1.82, 2.24) is 19.6 Å². The average molecular weight is 389 g/mol. The van der Waals surface area contributed by atoms with Gasteiger partial charge in [0.15, 0.2) is 0 Å². The van der Waals surface area contributed by atoms with Gasteiger partial charge in [-0.3, -0.25) is 9.59 Å². The van der Waals surface area contributed by atoms with Gasteiger partial charge in [0.2, 0.25) is 11.8 Å². The van der Waals surface area contributed by atoms with Crippen LogP contribution in [0.15, 0.2) is 0 Å². The van der Waals surface area contributed by atoms with E-state index < -0.39 is 0 Å². The molecule has 0 N–H and O–H groups in total. The third-order valence-electron chi connectivity index (χ3n) is 7.77. The normalized spacial score (nSPS) is 33.4. The van der Waals surface area contributed by atoms with Crippen molar-refractivity contribution in [3.63, 3.8) is 0 Å². The number of hydrogen-bond acceptors (Lipinski definition) is 3. The van der Waals surface area contributed by atoms with Crippen LogP contribution in [0.25, 0.3) is 0 Å². The lowest BCUT2D eigenvalue weighted by Crippen LogP contribution is -2.63. The average Bonchev–Trinajstić information content (AvgIpc) is 2.67. The van der Waals surface area contributed by atoms with Crippen LogP contribution >= 0.6 is 0 Å². The Morgan fingerprint density at radius 2 is 1.57 bits per heavy atom. The number of likely N-dealkylation sites (tertiary alicyclic amines) is 1. The first-order chi connectivity index (χ1) is 13.6. The van der Waals surface area contributed by atoms with Crippen molar-refractivity contribution in [2.24, 2.45) is 17.8 Å². The number of piperazine rings is 1. The zero-order valence-electron chi connectivity index (χ0n) is 16.7. The first-order valence-electron chi connectivity index (χ1n) is 11.2. The summed E-state index contributed by atoms with van der Waals surface area (Å²) in [5, 5.41) is 0. The number of carbonyl (C=O) groups excluding carboxylic acids is 3. The zero-order valence-corrected chi connectivity index (χ0v) is 16.7. The molecule has 7 nitrogen and oxygen atoms in total. The van der Waals surface area contributed by atoms with E-state index >= 15 is 0 Å². The Morgan fingerprint density at radius 1 is 0.821 bits per heavy atom. The quantitative estimate of drug-likeness (QED) is 0.682. The summed E-state index contributed by atoms with van der Waals surface area (Å²) < 4.78 is 0. The van der Waals surface area contributed by atoms with Gasteiger partial charge in [-0.15, -0.1) is 0 Å². The highest BCUT2D eigenvalue weighted by atomic mass is 16.2. The molecule has 4 saturated heterocycles. The Bertz CT molecular complexity index is 656. The van der Waals surface area contributed by atoms with Crippen LogP contribution in [-0.4, -0.2) is 89.3 Å². The maximum Gasteiger partial charge on any atom is 0.320 e. The Labute approximate surface area is 167 Å². The molecule has 2 bridgehead atoms. The van der Waals surface area contributed by atoms with Crippen LogP contribution in [0, 0.1) is 17.8 Å². The molecule has 0 aromatic heterocycles. The Balaban J connectivity index is 1.18. The summed E-state index contributed by atoms with van der Waals surface area (Å²) in [5.74, 6) is 1.71. The van der Waals surface area contributed by atoms with Crippen molar-refractivity contribution in [2.45, 2.75) is 51.0 Å². The Hall–Kier alpha value is -1.79. The highest BCUT2D eigenvalue weighted by molar-refractivity contribution is 5.80. The van der Waals surface area contributed by atoms with E-state index in [2.05, 4.69) is 4.90 Å². The molecular formula is C21H32N4O3. The number of hydrogen-bond donors (Lipinski definition) is 0. The molecule has 5 rings (SSSR count). The van der Waals surface area contributed by atoms with Crippen molar-refractivity contribution in [3.05, 3.63) is 0 Å². The van der Waals surface area contributed by atoms with Crippen molar-refractivity contribution in [1.29, 1.82) is 0 Å². The van der Waals surface area contributed by atoms with Gasteiger partial charge in [0.25, 0.3) is 0 Å². The molecule has 4 aliphatic heterocycles. The van der Waals surface area contributed by atoms with Gasteiger partial charge in [-0.2, -0.15) is 0 Å². The van der Waals surface area contributed by atoms with Crippen LogP contribution in [0.3, 0.4) is 0 Å². The molecule has 4 amide bonds. The van der Waals surface area contributed by atoms with Crippen molar-refractivity contribution in [2.75, 3.05) is 45.8 Å². The fourth-order valence-corrected chi connectivity index (χ4v) is 6.00. The van der Waals surface area contributed by atoms with Gasteiger partial charge in [-0.05, 0) is 43.9 Å². The summed E-state index contributed by atoms with van der Waals surface area (Å²) in [7, 11) is 0. The van der Waals surface area contributed by atoms with E-state index in [0.29, 0.717) is 62.3 Å².